The second kappa shape index (κ2) is 6.12. The van der Waals surface area contributed by atoms with Gasteiger partial charge < -0.3 is 15.7 Å². The van der Waals surface area contributed by atoms with Gasteiger partial charge in [-0.2, -0.15) is 0 Å². The molecule has 1 aromatic carbocycles. The summed E-state index contributed by atoms with van der Waals surface area (Å²) in [7, 11) is 0. The second-order valence-electron chi connectivity index (χ2n) is 3.64. The Hall–Kier alpha value is -1.55. The van der Waals surface area contributed by atoms with Gasteiger partial charge >= 0.3 is 0 Å². The third-order valence-corrected chi connectivity index (χ3v) is 2.30. The molecule has 0 fully saturated rings. The number of likely N-dealkylation sites (N-methyl/N-ethyl adjacent to an activating group) is 1. The Morgan fingerprint density at radius 1 is 1.44 bits per heavy atom. The van der Waals surface area contributed by atoms with Crippen molar-refractivity contribution in [1.82, 2.24) is 10.6 Å². The number of amides is 1. The summed E-state index contributed by atoms with van der Waals surface area (Å²) < 4.78 is 0. The van der Waals surface area contributed by atoms with Gasteiger partial charge in [-0.15, -0.1) is 0 Å². The lowest BCUT2D eigenvalue weighted by Gasteiger charge is -2.08. The minimum absolute atomic E-state index is 0.0327. The van der Waals surface area contributed by atoms with E-state index >= 15 is 0 Å². The molecule has 0 bridgehead atoms. The number of para-hydroxylation sites is 1. The summed E-state index contributed by atoms with van der Waals surface area (Å²) in [5.41, 5.74) is 1.65. The molecule has 1 aromatic rings. The lowest BCUT2D eigenvalue weighted by Crippen LogP contribution is -2.33. The fraction of sp³-hybridized carbons (Fsp3) is 0.417. The maximum absolute atomic E-state index is 11.1. The van der Waals surface area contributed by atoms with E-state index in [2.05, 4.69) is 10.6 Å². The molecule has 4 nitrogen and oxygen atoms in total. The number of carbonyl (C=O) groups is 1. The Morgan fingerprint density at radius 3 is 2.88 bits per heavy atom. The maximum atomic E-state index is 11.1. The highest BCUT2D eigenvalue weighted by Gasteiger charge is 2.04. The molecule has 0 heterocycles. The Kier molecular flexibility index (Phi) is 4.79. The number of aromatic hydroxyl groups is 1. The Bertz CT molecular complexity index is 364. The molecule has 0 aliphatic carbocycles. The van der Waals surface area contributed by atoms with E-state index in [1.807, 2.05) is 32.0 Å². The lowest BCUT2D eigenvalue weighted by atomic mass is 10.1. The van der Waals surface area contributed by atoms with Gasteiger partial charge in [0.2, 0.25) is 5.91 Å². The molecule has 0 saturated carbocycles. The van der Waals surface area contributed by atoms with Crippen molar-refractivity contribution in [3.63, 3.8) is 0 Å². The normalized spacial score (nSPS) is 10.1. The van der Waals surface area contributed by atoms with Crippen LogP contribution in [0.4, 0.5) is 0 Å². The van der Waals surface area contributed by atoms with Crippen LogP contribution in [0, 0.1) is 6.92 Å². The molecule has 0 aliphatic rings. The van der Waals surface area contributed by atoms with Crippen LogP contribution in [0.3, 0.4) is 0 Å². The molecular formula is C12H18N2O2. The van der Waals surface area contributed by atoms with Crippen molar-refractivity contribution in [2.75, 3.05) is 13.1 Å². The van der Waals surface area contributed by atoms with Crippen molar-refractivity contribution in [2.45, 2.75) is 20.4 Å². The van der Waals surface area contributed by atoms with Crippen LogP contribution in [0.15, 0.2) is 18.2 Å². The number of aryl methyl sites for hydroxylation is 1. The predicted molar refractivity (Wildman–Crippen MR) is 63.2 cm³/mol. The average molecular weight is 222 g/mol. The van der Waals surface area contributed by atoms with Crippen molar-refractivity contribution in [3.8, 4) is 5.75 Å². The molecule has 0 spiro atoms. The highest BCUT2D eigenvalue weighted by molar-refractivity contribution is 5.77. The van der Waals surface area contributed by atoms with E-state index in [1.54, 1.807) is 0 Å². The van der Waals surface area contributed by atoms with Gasteiger partial charge in [0.15, 0.2) is 0 Å². The third kappa shape index (κ3) is 3.55. The van der Waals surface area contributed by atoms with Gasteiger partial charge in [-0.25, -0.2) is 0 Å². The maximum Gasteiger partial charge on any atom is 0.233 e. The number of hydrogen-bond acceptors (Lipinski definition) is 3. The summed E-state index contributed by atoms with van der Waals surface area (Å²) in [5, 5.41) is 15.4. The van der Waals surface area contributed by atoms with E-state index in [0.29, 0.717) is 18.8 Å². The third-order valence-electron chi connectivity index (χ3n) is 2.30. The number of nitrogens with one attached hydrogen (secondary N) is 2. The van der Waals surface area contributed by atoms with Crippen molar-refractivity contribution >= 4 is 5.91 Å². The molecule has 3 N–H and O–H groups in total. The summed E-state index contributed by atoms with van der Waals surface area (Å²) in [6.45, 7) is 5.12. The van der Waals surface area contributed by atoms with Gasteiger partial charge in [-0.1, -0.05) is 18.2 Å². The Morgan fingerprint density at radius 2 is 2.19 bits per heavy atom. The summed E-state index contributed by atoms with van der Waals surface area (Å²) in [4.78, 5) is 11.1. The molecule has 0 unspecified atom stereocenters. The smallest absolute Gasteiger partial charge is 0.233 e. The SMILES string of the molecule is CCNC(=O)CNCc1cccc(C)c1O. The molecule has 4 heteroatoms. The van der Waals surface area contributed by atoms with Crippen LogP contribution in [-0.4, -0.2) is 24.1 Å². The summed E-state index contributed by atoms with van der Waals surface area (Å²) in [6, 6.07) is 5.58. The zero-order valence-electron chi connectivity index (χ0n) is 9.71. The minimum Gasteiger partial charge on any atom is -0.507 e. The summed E-state index contributed by atoms with van der Waals surface area (Å²) in [5.74, 6) is 0.264. The van der Waals surface area contributed by atoms with Gasteiger partial charge in [-0.05, 0) is 19.4 Å². The van der Waals surface area contributed by atoms with Gasteiger partial charge in [0.25, 0.3) is 0 Å². The molecule has 0 atom stereocenters. The fourth-order valence-corrected chi connectivity index (χ4v) is 1.43. The minimum atomic E-state index is -0.0327. The highest BCUT2D eigenvalue weighted by atomic mass is 16.3. The lowest BCUT2D eigenvalue weighted by molar-refractivity contribution is -0.120. The van der Waals surface area contributed by atoms with Crippen molar-refractivity contribution in [1.29, 1.82) is 0 Å². The Labute approximate surface area is 95.7 Å². The quantitative estimate of drug-likeness (QED) is 0.694. The van der Waals surface area contributed by atoms with Crippen LogP contribution in [0.2, 0.25) is 0 Å². The fourth-order valence-electron chi connectivity index (χ4n) is 1.43. The van der Waals surface area contributed by atoms with Gasteiger partial charge in [0.1, 0.15) is 5.75 Å². The number of benzene rings is 1. The zero-order valence-corrected chi connectivity index (χ0v) is 9.71. The van der Waals surface area contributed by atoms with Crippen molar-refractivity contribution in [3.05, 3.63) is 29.3 Å². The molecule has 1 rings (SSSR count). The Balaban J connectivity index is 2.43. The van der Waals surface area contributed by atoms with Crippen LogP contribution in [0.5, 0.6) is 5.75 Å². The molecule has 0 aliphatic heterocycles. The van der Waals surface area contributed by atoms with E-state index < -0.39 is 0 Å². The number of hydrogen-bond donors (Lipinski definition) is 3. The van der Waals surface area contributed by atoms with Crippen molar-refractivity contribution in [2.24, 2.45) is 0 Å². The van der Waals surface area contributed by atoms with E-state index in [0.717, 1.165) is 11.1 Å². The van der Waals surface area contributed by atoms with Crippen LogP contribution < -0.4 is 10.6 Å². The zero-order chi connectivity index (χ0) is 12.0. The standard InChI is InChI=1S/C12H18N2O2/c1-3-14-11(15)8-13-7-10-6-4-5-9(2)12(10)16/h4-6,13,16H,3,7-8H2,1-2H3,(H,14,15). The van der Waals surface area contributed by atoms with E-state index in [4.69, 9.17) is 0 Å². The number of phenolic OH excluding ortho intramolecular Hbond substituents is 1. The topological polar surface area (TPSA) is 61.4 Å². The van der Waals surface area contributed by atoms with Crippen LogP contribution in [0.1, 0.15) is 18.1 Å². The first-order valence-electron chi connectivity index (χ1n) is 5.40. The molecule has 0 saturated heterocycles. The first-order valence-corrected chi connectivity index (χ1v) is 5.40. The van der Waals surface area contributed by atoms with Crippen LogP contribution in [0.25, 0.3) is 0 Å². The van der Waals surface area contributed by atoms with Gasteiger partial charge in [0, 0.05) is 18.7 Å². The van der Waals surface area contributed by atoms with Gasteiger partial charge in [-0.3, -0.25) is 4.79 Å². The molecular weight excluding hydrogens is 204 g/mol. The number of carbonyl (C=O) groups excluding carboxylic acids is 1. The highest BCUT2D eigenvalue weighted by Crippen LogP contribution is 2.20. The van der Waals surface area contributed by atoms with Crippen LogP contribution >= 0.6 is 0 Å². The number of phenols is 1. The van der Waals surface area contributed by atoms with E-state index in [9.17, 15) is 9.90 Å². The summed E-state index contributed by atoms with van der Waals surface area (Å²) >= 11 is 0. The molecule has 0 radical (unpaired) electrons. The molecule has 0 aromatic heterocycles. The first-order chi connectivity index (χ1) is 7.65. The average Bonchev–Trinajstić information content (AvgIpc) is 2.25. The second-order valence-corrected chi connectivity index (χ2v) is 3.64. The molecule has 16 heavy (non-hydrogen) atoms. The largest absolute Gasteiger partial charge is 0.507 e. The van der Waals surface area contributed by atoms with E-state index in [-0.39, 0.29) is 12.5 Å². The molecule has 88 valence electrons. The summed E-state index contributed by atoms with van der Waals surface area (Å²) in [6.07, 6.45) is 0. The van der Waals surface area contributed by atoms with Crippen LogP contribution in [-0.2, 0) is 11.3 Å². The van der Waals surface area contributed by atoms with Crippen molar-refractivity contribution < 1.29 is 9.90 Å². The first kappa shape index (κ1) is 12.5. The van der Waals surface area contributed by atoms with E-state index in [1.165, 1.54) is 0 Å². The predicted octanol–water partition coefficient (Wildman–Crippen LogP) is 0.926. The number of rotatable bonds is 5. The monoisotopic (exact) mass is 222 g/mol. The molecule has 1 amide bonds. The van der Waals surface area contributed by atoms with Gasteiger partial charge in [0.05, 0.1) is 6.54 Å².